The van der Waals surface area contributed by atoms with Crippen LogP contribution in [0.2, 0.25) is 0 Å². The maximum Gasteiger partial charge on any atom is 0.220 e. The van der Waals surface area contributed by atoms with E-state index in [0.717, 1.165) is 33.5 Å². The summed E-state index contributed by atoms with van der Waals surface area (Å²) in [7, 11) is 2.16. The summed E-state index contributed by atoms with van der Waals surface area (Å²) >= 11 is 0. The highest BCUT2D eigenvalue weighted by molar-refractivity contribution is 6.15. The van der Waals surface area contributed by atoms with E-state index in [1.165, 1.54) is 44.1 Å². The maximum absolute atomic E-state index is 9.24. The number of benzene rings is 3. The van der Waals surface area contributed by atoms with Gasteiger partial charge in [-0.3, -0.25) is 0 Å². The Morgan fingerprint density at radius 2 is 1.26 bits per heavy atom. The molecule has 0 saturated heterocycles. The molecule has 1 heterocycles. The van der Waals surface area contributed by atoms with Gasteiger partial charge in [-0.1, -0.05) is 23.3 Å². The third kappa shape index (κ3) is 2.83. The third-order valence-corrected chi connectivity index (χ3v) is 7.28. The van der Waals surface area contributed by atoms with Gasteiger partial charge in [-0.05, 0) is 99.5 Å². The molecule has 0 atom stereocenters. The van der Waals surface area contributed by atoms with E-state index >= 15 is 0 Å². The Bertz CT molecular complexity index is 1440. The fourth-order valence-electron chi connectivity index (χ4n) is 5.17. The Morgan fingerprint density at radius 1 is 0.677 bits per heavy atom. The van der Waals surface area contributed by atoms with E-state index in [4.69, 9.17) is 0 Å². The van der Waals surface area contributed by atoms with E-state index in [-0.39, 0.29) is 0 Å². The molecule has 4 aromatic rings. The lowest BCUT2D eigenvalue weighted by molar-refractivity contribution is -0.632. The molecule has 1 aromatic heterocycles. The van der Waals surface area contributed by atoms with Crippen LogP contribution in [0.3, 0.4) is 0 Å². The van der Waals surface area contributed by atoms with Crippen LogP contribution < -0.4 is 4.57 Å². The van der Waals surface area contributed by atoms with Gasteiger partial charge >= 0.3 is 0 Å². The Labute approximate surface area is 183 Å². The second-order valence-corrected chi connectivity index (χ2v) is 8.66. The molecule has 0 spiro atoms. The second kappa shape index (κ2) is 7.40. The topological polar surface area (TPSA) is 52.6 Å². The number of nitrogens with zero attached hydrogens (tertiary/aromatic N) is 4. The van der Waals surface area contributed by atoms with Crippen LogP contribution in [0, 0.1) is 48.5 Å². The normalized spacial score (nSPS) is 11.2. The number of hydrogen-bond acceptors (Lipinski definition) is 1. The van der Waals surface area contributed by atoms with E-state index < -0.39 is 0 Å². The van der Waals surface area contributed by atoms with Crippen molar-refractivity contribution >= 4 is 27.4 Å². The van der Waals surface area contributed by atoms with Gasteiger partial charge in [0.25, 0.3) is 0 Å². The van der Waals surface area contributed by atoms with Crippen LogP contribution in [0.4, 0.5) is 5.69 Å². The number of azide groups is 1. The zero-order chi connectivity index (χ0) is 22.6. The fourth-order valence-corrected chi connectivity index (χ4v) is 5.17. The van der Waals surface area contributed by atoms with E-state index in [2.05, 4.69) is 94.4 Å². The van der Waals surface area contributed by atoms with Crippen molar-refractivity contribution < 1.29 is 4.57 Å². The Balaban J connectivity index is 2.48. The monoisotopic (exact) mass is 409 g/mol. The van der Waals surface area contributed by atoms with Crippen molar-refractivity contribution in [3.8, 4) is 11.3 Å². The number of rotatable bonds is 2. The SMILES string of the molecule is Cc1c(N=[N+]=[N-])c(C)c2c(-c3ccccc3)[n+](C)c3c(C)c(C)c(C)c(C)c3c2c1C. The highest BCUT2D eigenvalue weighted by Crippen LogP contribution is 2.44. The zero-order valence-electron chi connectivity index (χ0n) is 19.7. The van der Waals surface area contributed by atoms with Crippen LogP contribution in [0.25, 0.3) is 43.4 Å². The van der Waals surface area contributed by atoms with Crippen molar-refractivity contribution in [2.24, 2.45) is 12.2 Å². The lowest BCUT2D eigenvalue weighted by atomic mass is 9.85. The molecule has 0 fully saturated rings. The summed E-state index contributed by atoms with van der Waals surface area (Å²) in [5, 5.41) is 7.83. The Kier molecular flexibility index (Phi) is 4.99. The molecule has 3 aromatic carbocycles. The molecule has 0 aliphatic carbocycles. The van der Waals surface area contributed by atoms with Crippen molar-refractivity contribution in [1.29, 1.82) is 0 Å². The van der Waals surface area contributed by atoms with Crippen molar-refractivity contribution in [3.05, 3.63) is 79.7 Å². The van der Waals surface area contributed by atoms with E-state index in [1.807, 2.05) is 6.07 Å². The van der Waals surface area contributed by atoms with Crippen LogP contribution in [-0.4, -0.2) is 0 Å². The number of hydrogen-bond donors (Lipinski definition) is 0. The first-order chi connectivity index (χ1) is 14.7. The average molecular weight is 410 g/mol. The largest absolute Gasteiger partial charge is 0.220 e. The van der Waals surface area contributed by atoms with Gasteiger partial charge in [-0.25, -0.2) is 0 Å². The van der Waals surface area contributed by atoms with Crippen molar-refractivity contribution in [2.75, 3.05) is 0 Å². The highest BCUT2D eigenvalue weighted by Gasteiger charge is 2.28. The van der Waals surface area contributed by atoms with Crippen molar-refractivity contribution in [1.82, 2.24) is 0 Å². The van der Waals surface area contributed by atoms with E-state index in [1.54, 1.807) is 0 Å². The minimum atomic E-state index is 0.738. The van der Waals surface area contributed by atoms with E-state index in [0.29, 0.717) is 0 Å². The zero-order valence-corrected chi connectivity index (χ0v) is 19.7. The van der Waals surface area contributed by atoms with Crippen LogP contribution in [-0.2, 0) is 7.05 Å². The summed E-state index contributed by atoms with van der Waals surface area (Å²) < 4.78 is 2.34. The average Bonchev–Trinajstić information content (AvgIpc) is 2.77. The molecule has 0 N–H and O–H groups in total. The van der Waals surface area contributed by atoms with Gasteiger partial charge in [0.05, 0.1) is 10.8 Å². The smallest absolute Gasteiger partial charge is 0.193 e. The first-order valence-electron chi connectivity index (χ1n) is 10.7. The quantitative estimate of drug-likeness (QED) is 0.108. The molecule has 0 radical (unpaired) electrons. The van der Waals surface area contributed by atoms with Crippen molar-refractivity contribution in [2.45, 2.75) is 48.5 Å². The summed E-state index contributed by atoms with van der Waals surface area (Å²) in [5.74, 6) is 0. The second-order valence-electron chi connectivity index (χ2n) is 8.66. The molecule has 4 nitrogen and oxygen atoms in total. The summed E-state index contributed by atoms with van der Waals surface area (Å²) in [5.41, 5.74) is 22.1. The van der Waals surface area contributed by atoms with Gasteiger partial charge in [0, 0.05) is 27.1 Å². The predicted octanol–water partition coefficient (Wildman–Crippen LogP) is 7.59. The maximum atomic E-state index is 9.24. The molecule has 0 amide bonds. The molecular weight excluding hydrogens is 380 g/mol. The lowest BCUT2D eigenvalue weighted by Gasteiger charge is -2.21. The number of fused-ring (bicyclic) bond motifs is 3. The summed E-state index contributed by atoms with van der Waals surface area (Å²) in [6.45, 7) is 15.2. The minimum Gasteiger partial charge on any atom is -0.193 e. The number of aromatic nitrogens is 1. The Hall–Kier alpha value is -3.36. The number of aryl methyl sites for hydroxylation is 5. The molecule has 4 rings (SSSR count). The molecule has 0 aliphatic heterocycles. The Morgan fingerprint density at radius 3 is 1.87 bits per heavy atom. The molecular formula is C27H29N4+. The lowest BCUT2D eigenvalue weighted by Crippen LogP contribution is -2.34. The predicted molar refractivity (Wildman–Crippen MR) is 130 cm³/mol. The first-order valence-corrected chi connectivity index (χ1v) is 10.7. The summed E-state index contributed by atoms with van der Waals surface area (Å²) in [6.07, 6.45) is 0. The molecule has 4 heteroatoms. The van der Waals surface area contributed by atoms with Gasteiger partial charge < -0.3 is 0 Å². The van der Waals surface area contributed by atoms with Crippen LogP contribution in [0.5, 0.6) is 0 Å². The highest BCUT2D eigenvalue weighted by atomic mass is 15.1. The van der Waals surface area contributed by atoms with Crippen molar-refractivity contribution in [3.63, 3.8) is 0 Å². The molecule has 31 heavy (non-hydrogen) atoms. The molecule has 156 valence electrons. The summed E-state index contributed by atoms with van der Waals surface area (Å²) in [4.78, 5) is 3.14. The summed E-state index contributed by atoms with van der Waals surface area (Å²) in [6, 6.07) is 10.5. The van der Waals surface area contributed by atoms with Crippen LogP contribution >= 0.6 is 0 Å². The number of pyridine rings is 1. The van der Waals surface area contributed by atoms with Crippen LogP contribution in [0.15, 0.2) is 35.4 Å². The molecule has 0 aliphatic rings. The van der Waals surface area contributed by atoms with Crippen LogP contribution in [0.1, 0.15) is 38.9 Å². The molecule has 0 bridgehead atoms. The first kappa shape index (κ1) is 20.9. The standard InChI is InChI=1S/C27H29N4/c1-14-15(2)19(6)26-23(16(14)3)22-17(4)18(5)25(29-30-28)20(7)24(22)27(31(26)8)21-12-10-9-11-13-21/h9-13H,1-8H3/q+1. The molecule has 0 saturated carbocycles. The van der Waals surface area contributed by atoms with Gasteiger partial charge in [0.1, 0.15) is 7.05 Å². The third-order valence-electron chi connectivity index (χ3n) is 7.28. The van der Waals surface area contributed by atoms with Gasteiger partial charge in [-0.15, -0.1) is 0 Å². The minimum absolute atomic E-state index is 0.738. The van der Waals surface area contributed by atoms with E-state index in [9.17, 15) is 5.53 Å². The van der Waals surface area contributed by atoms with Gasteiger partial charge in [0.2, 0.25) is 11.2 Å². The van der Waals surface area contributed by atoms with Gasteiger partial charge in [-0.2, -0.15) is 4.57 Å². The molecule has 0 unspecified atom stereocenters. The fraction of sp³-hybridized carbons (Fsp3) is 0.296. The van der Waals surface area contributed by atoms with Gasteiger partial charge in [0.15, 0.2) is 0 Å².